The van der Waals surface area contributed by atoms with Gasteiger partial charge in [-0.25, -0.2) is 0 Å². The molecule has 0 unspecified atom stereocenters. The molecule has 5 rings (SSSR count). The zero-order chi connectivity index (χ0) is 51.3. The summed E-state index contributed by atoms with van der Waals surface area (Å²) in [4.78, 5) is 94.8. The number of Topliss-reactive ketones (excluding diaryl/α,β-unsaturated/α-hetero) is 1. The minimum absolute atomic E-state index is 0.0609. The van der Waals surface area contributed by atoms with Crippen molar-refractivity contribution in [3.63, 3.8) is 0 Å². The third-order valence-electron chi connectivity index (χ3n) is 11.8. The molecule has 4 aromatic carbocycles. The van der Waals surface area contributed by atoms with Gasteiger partial charge in [-0.1, -0.05) is 112 Å². The van der Waals surface area contributed by atoms with Crippen LogP contribution in [0.4, 0.5) is 0 Å². The lowest BCUT2D eigenvalue weighted by Crippen LogP contribution is -2.59. The highest BCUT2D eigenvalue weighted by molar-refractivity contribution is 5.98. The third kappa shape index (κ3) is 18.5. The molecule has 1 saturated heterocycles. The van der Waals surface area contributed by atoms with E-state index < -0.39 is 59.4 Å². The number of aryl methyl sites for hydroxylation is 1. The Morgan fingerprint density at radius 2 is 1.35 bits per heavy atom. The lowest BCUT2D eigenvalue weighted by atomic mass is 9.99. The minimum atomic E-state index is -1.09. The molecule has 71 heavy (non-hydrogen) atoms. The van der Waals surface area contributed by atoms with Crippen LogP contribution in [-0.2, 0) is 64.2 Å². The number of aldehydes is 1. The number of ketones is 1. The number of benzene rings is 4. The van der Waals surface area contributed by atoms with E-state index >= 15 is 0 Å². The molecule has 0 saturated carbocycles. The monoisotopic (exact) mass is 975 g/mol. The first kappa shape index (κ1) is 55.2. The van der Waals surface area contributed by atoms with Crippen molar-refractivity contribution in [3.05, 3.63) is 131 Å². The number of carbonyl (C=O) groups excluding carboxylic acids is 7. The fourth-order valence-electron chi connectivity index (χ4n) is 7.83. The summed E-state index contributed by atoms with van der Waals surface area (Å²) in [5.74, 6) is -2.52. The molecule has 380 valence electrons. The molecule has 1 heterocycles. The second kappa shape index (κ2) is 27.6. The number of ether oxygens (including phenoxy) is 4. The topological polar surface area (TPSA) is 211 Å². The largest absolute Gasteiger partial charge is 0.485 e. The quantitative estimate of drug-likeness (QED) is 0.0169. The van der Waals surface area contributed by atoms with Crippen molar-refractivity contribution in [2.24, 2.45) is 5.92 Å². The van der Waals surface area contributed by atoms with Crippen LogP contribution in [0.25, 0.3) is 0 Å². The molecule has 0 aromatic heterocycles. The van der Waals surface area contributed by atoms with Crippen molar-refractivity contribution in [2.45, 2.75) is 117 Å². The van der Waals surface area contributed by atoms with Gasteiger partial charge in [0.05, 0.1) is 25.8 Å². The first-order valence-corrected chi connectivity index (χ1v) is 24.3. The SMILES string of the molecule is CCCOCCN(CC(=O)N[C@@H](CCc1ccccc1)C(=O)N[C@@H](CC(C)C)C(=O)N[C@@H](Cc1ccccc1)C(=O)N[C@@H](C)C(=O)[C@@]1(C)CO1)Cc1ccc(OC(C)=O)c(OCc2ccc(C=O)cc2)c1. The second-order valence-electron chi connectivity index (χ2n) is 18.5. The number of epoxide rings is 1. The molecule has 1 aliphatic heterocycles. The smallest absolute Gasteiger partial charge is 0.308 e. The Bertz CT molecular complexity index is 2390. The third-order valence-corrected chi connectivity index (χ3v) is 11.8. The highest BCUT2D eigenvalue weighted by atomic mass is 16.6. The number of carbonyl (C=O) groups is 7. The van der Waals surface area contributed by atoms with Gasteiger partial charge in [0, 0.05) is 38.6 Å². The summed E-state index contributed by atoms with van der Waals surface area (Å²) in [5, 5.41) is 11.5. The number of nitrogens with zero attached hydrogens (tertiary/aromatic N) is 1. The van der Waals surface area contributed by atoms with E-state index in [4.69, 9.17) is 18.9 Å². The Morgan fingerprint density at radius 1 is 0.732 bits per heavy atom. The molecule has 0 spiro atoms. The molecule has 1 fully saturated rings. The lowest BCUT2D eigenvalue weighted by molar-refractivity contribution is -0.135. The molecule has 4 amide bonds. The Labute approximate surface area is 416 Å². The molecule has 0 aliphatic carbocycles. The Hall–Kier alpha value is -6.75. The average molecular weight is 976 g/mol. The van der Waals surface area contributed by atoms with Gasteiger partial charge in [-0.2, -0.15) is 0 Å². The first-order chi connectivity index (χ1) is 34.0. The summed E-state index contributed by atoms with van der Waals surface area (Å²) in [6, 6.07) is 26.6. The molecule has 5 atom stereocenters. The summed E-state index contributed by atoms with van der Waals surface area (Å²) in [5.41, 5.74) is 2.81. The maximum Gasteiger partial charge on any atom is 0.308 e. The molecule has 0 bridgehead atoms. The van der Waals surface area contributed by atoms with Gasteiger partial charge in [-0.05, 0) is 79.8 Å². The second-order valence-corrected chi connectivity index (χ2v) is 18.5. The molecule has 16 heteroatoms. The molecular formula is C55H69N5O11. The fraction of sp³-hybridized carbons (Fsp3) is 0.436. The van der Waals surface area contributed by atoms with Gasteiger partial charge in [-0.15, -0.1) is 0 Å². The van der Waals surface area contributed by atoms with Gasteiger partial charge >= 0.3 is 5.97 Å². The van der Waals surface area contributed by atoms with Crippen LogP contribution in [0.3, 0.4) is 0 Å². The van der Waals surface area contributed by atoms with Gasteiger partial charge in [0.1, 0.15) is 36.6 Å². The number of hydrogen-bond acceptors (Lipinski definition) is 12. The van der Waals surface area contributed by atoms with Crippen molar-refractivity contribution in [1.82, 2.24) is 26.2 Å². The zero-order valence-corrected chi connectivity index (χ0v) is 41.7. The van der Waals surface area contributed by atoms with Gasteiger partial charge in [0.15, 0.2) is 17.3 Å². The summed E-state index contributed by atoms with van der Waals surface area (Å²) < 4.78 is 22.7. The van der Waals surface area contributed by atoms with Crippen LogP contribution in [0.5, 0.6) is 11.5 Å². The van der Waals surface area contributed by atoms with E-state index in [2.05, 4.69) is 21.3 Å². The molecular weight excluding hydrogens is 907 g/mol. The van der Waals surface area contributed by atoms with Crippen molar-refractivity contribution < 1.29 is 52.5 Å². The van der Waals surface area contributed by atoms with Crippen molar-refractivity contribution >= 4 is 41.7 Å². The highest BCUT2D eigenvalue weighted by Gasteiger charge is 2.49. The maximum atomic E-state index is 14.5. The normalized spacial score (nSPS) is 15.7. The number of nitrogens with one attached hydrogen (secondary N) is 4. The van der Waals surface area contributed by atoms with Gasteiger partial charge in [0.2, 0.25) is 23.6 Å². The van der Waals surface area contributed by atoms with Crippen LogP contribution in [0.2, 0.25) is 0 Å². The predicted molar refractivity (Wildman–Crippen MR) is 267 cm³/mol. The summed E-state index contributed by atoms with van der Waals surface area (Å²) in [6.45, 7) is 12.1. The summed E-state index contributed by atoms with van der Waals surface area (Å²) >= 11 is 0. The average Bonchev–Trinajstić information content (AvgIpc) is 4.11. The van der Waals surface area contributed by atoms with Crippen molar-refractivity contribution in [3.8, 4) is 11.5 Å². The Kier molecular flexibility index (Phi) is 21.4. The maximum absolute atomic E-state index is 14.5. The number of amides is 4. The van der Waals surface area contributed by atoms with E-state index in [1.165, 1.54) is 6.92 Å². The van der Waals surface area contributed by atoms with Gasteiger partial charge in [0.25, 0.3) is 0 Å². The van der Waals surface area contributed by atoms with Gasteiger partial charge < -0.3 is 40.2 Å². The van der Waals surface area contributed by atoms with Crippen LogP contribution in [0.1, 0.15) is 93.4 Å². The zero-order valence-electron chi connectivity index (χ0n) is 41.7. The molecule has 0 radical (unpaired) electrons. The molecule has 4 N–H and O–H groups in total. The highest BCUT2D eigenvalue weighted by Crippen LogP contribution is 2.31. The summed E-state index contributed by atoms with van der Waals surface area (Å²) in [7, 11) is 0. The minimum Gasteiger partial charge on any atom is -0.485 e. The Morgan fingerprint density at radius 3 is 1.97 bits per heavy atom. The molecule has 16 nitrogen and oxygen atoms in total. The Balaban J connectivity index is 1.34. The van der Waals surface area contributed by atoms with Crippen LogP contribution >= 0.6 is 0 Å². The molecule has 4 aromatic rings. The lowest BCUT2D eigenvalue weighted by Gasteiger charge is -2.28. The van der Waals surface area contributed by atoms with Crippen LogP contribution < -0.4 is 30.7 Å². The number of hydrogen-bond donors (Lipinski definition) is 4. The van der Waals surface area contributed by atoms with Crippen LogP contribution in [-0.4, -0.2) is 109 Å². The standard InChI is InChI=1S/C55H69N5O11/c1-7-27-68-28-26-60(32-44-23-25-48(71-39(5)62)49(31-44)69-35-43-20-18-42(34-61)19-21-43)33-50(63)57-45(24-22-40-14-10-8-11-15-40)52(65)58-46(29-37(2)3)54(67)59-47(30-41-16-12-9-13-17-41)53(66)56-38(4)51(64)55(6)36-70-55/h8-21,23,25,31,34,37-38,45-47H,7,22,24,26-30,32-33,35-36H2,1-6H3,(H,56,66)(H,57,63)(H,58,65)(H,59,67)/t38-,45-,46-,47-,55+/m0/s1. The van der Waals surface area contributed by atoms with E-state index in [1.807, 2.05) is 86.3 Å². The summed E-state index contributed by atoms with van der Waals surface area (Å²) in [6.07, 6.45) is 2.55. The van der Waals surface area contributed by atoms with E-state index in [0.29, 0.717) is 37.5 Å². The van der Waals surface area contributed by atoms with E-state index in [1.54, 1.807) is 56.3 Å². The first-order valence-electron chi connectivity index (χ1n) is 24.3. The van der Waals surface area contributed by atoms with E-state index in [0.717, 1.165) is 35.0 Å². The van der Waals surface area contributed by atoms with E-state index in [9.17, 15) is 33.6 Å². The number of rotatable bonds is 30. The van der Waals surface area contributed by atoms with E-state index in [-0.39, 0.29) is 63.0 Å². The van der Waals surface area contributed by atoms with Crippen LogP contribution in [0, 0.1) is 5.92 Å². The van der Waals surface area contributed by atoms with Crippen LogP contribution in [0.15, 0.2) is 103 Å². The predicted octanol–water partition coefficient (Wildman–Crippen LogP) is 5.47. The molecule has 1 aliphatic rings. The van der Waals surface area contributed by atoms with Crippen molar-refractivity contribution in [2.75, 3.05) is 32.9 Å². The van der Waals surface area contributed by atoms with Gasteiger partial charge in [-0.3, -0.25) is 38.5 Å². The van der Waals surface area contributed by atoms with Crippen molar-refractivity contribution in [1.29, 1.82) is 0 Å². The fourth-order valence-corrected chi connectivity index (χ4v) is 7.83. The number of esters is 1.